The molecule has 2 aliphatic heterocycles. The van der Waals surface area contributed by atoms with E-state index in [9.17, 15) is 19.2 Å². The fourth-order valence-electron chi connectivity index (χ4n) is 5.09. The molecule has 9 nitrogen and oxygen atoms in total. The number of carbonyl (C=O) groups is 4. The molecule has 1 saturated heterocycles. The number of fused-ring (bicyclic) bond motifs is 2. The van der Waals surface area contributed by atoms with E-state index >= 15 is 0 Å². The molecule has 0 aromatic heterocycles. The molecule has 0 bridgehead atoms. The number of nitrogens with zero attached hydrogens (tertiary/aromatic N) is 4. The van der Waals surface area contributed by atoms with E-state index in [2.05, 4.69) is 10.2 Å². The van der Waals surface area contributed by atoms with Gasteiger partial charge in [0.05, 0.1) is 6.42 Å². The Balaban J connectivity index is 1.61. The first-order valence-corrected chi connectivity index (χ1v) is 11.7. The monoisotopic (exact) mass is 465 g/mol. The van der Waals surface area contributed by atoms with Crippen LogP contribution < -0.4 is 5.32 Å². The molecule has 1 aliphatic carbocycles. The Bertz CT molecular complexity index is 1080. The fourth-order valence-corrected chi connectivity index (χ4v) is 5.09. The molecule has 1 N–H and O–H groups in total. The third-order valence-electron chi connectivity index (χ3n) is 7.25. The van der Waals surface area contributed by atoms with Gasteiger partial charge in [-0.2, -0.15) is 0 Å². The van der Waals surface area contributed by atoms with Crippen LogP contribution in [0.2, 0.25) is 0 Å². The summed E-state index contributed by atoms with van der Waals surface area (Å²) >= 11 is 0. The summed E-state index contributed by atoms with van der Waals surface area (Å²) in [5.74, 6) is -1.91. The quantitative estimate of drug-likeness (QED) is 0.530. The minimum absolute atomic E-state index is 0.0638. The van der Waals surface area contributed by atoms with Crippen LogP contribution in [0.5, 0.6) is 0 Å². The number of para-hydroxylation sites is 1. The van der Waals surface area contributed by atoms with Crippen LogP contribution in [-0.2, 0) is 24.6 Å². The van der Waals surface area contributed by atoms with Gasteiger partial charge in [-0.25, -0.2) is 6.57 Å². The minimum Gasteiger partial charge on any atom is -0.335 e. The number of benzene rings is 1. The molecular weight excluding hydrogens is 434 g/mol. The molecule has 0 radical (unpaired) electrons. The van der Waals surface area contributed by atoms with Crippen molar-refractivity contribution in [2.45, 2.75) is 63.2 Å². The molecule has 34 heavy (non-hydrogen) atoms. The second kappa shape index (κ2) is 8.75. The first-order chi connectivity index (χ1) is 16.1. The van der Waals surface area contributed by atoms with Crippen LogP contribution in [0.1, 0.15) is 45.1 Å². The maximum absolute atomic E-state index is 13.8. The number of likely N-dealkylation sites (tertiary alicyclic amines) is 1. The van der Waals surface area contributed by atoms with Crippen molar-refractivity contribution in [3.63, 3.8) is 0 Å². The Kier molecular flexibility index (Phi) is 6.11. The first-order valence-electron chi connectivity index (χ1n) is 11.7. The summed E-state index contributed by atoms with van der Waals surface area (Å²) in [6.45, 7) is 11.7. The van der Waals surface area contributed by atoms with Crippen molar-refractivity contribution in [1.82, 2.24) is 14.7 Å². The second-order valence-electron chi connectivity index (χ2n) is 10.1. The molecule has 3 aliphatic rings. The van der Waals surface area contributed by atoms with E-state index in [1.54, 1.807) is 7.05 Å². The van der Waals surface area contributed by atoms with Crippen LogP contribution in [0.4, 0.5) is 5.69 Å². The maximum Gasteiger partial charge on any atom is 0.312 e. The number of hydrogen-bond acceptors (Lipinski definition) is 4. The molecule has 2 fully saturated rings. The lowest BCUT2D eigenvalue weighted by Gasteiger charge is -2.32. The first kappa shape index (κ1) is 23.7. The molecule has 0 unspecified atom stereocenters. The molecule has 180 valence electrons. The number of likely N-dealkylation sites (N-methyl/N-ethyl adjacent to an activating group) is 2. The smallest absolute Gasteiger partial charge is 0.312 e. The average Bonchev–Trinajstić information content (AvgIpc) is 3.54. The van der Waals surface area contributed by atoms with Crippen LogP contribution in [0.15, 0.2) is 24.3 Å². The maximum atomic E-state index is 13.8. The van der Waals surface area contributed by atoms with Crippen molar-refractivity contribution in [2.75, 3.05) is 26.0 Å². The number of carbonyl (C=O) groups excluding carboxylic acids is 4. The van der Waals surface area contributed by atoms with Crippen LogP contribution in [0, 0.1) is 12.5 Å². The van der Waals surface area contributed by atoms with Gasteiger partial charge < -0.3 is 15.1 Å². The Morgan fingerprint density at radius 2 is 1.88 bits per heavy atom. The van der Waals surface area contributed by atoms with E-state index in [0.717, 1.165) is 18.4 Å². The second-order valence-corrected chi connectivity index (χ2v) is 10.1. The lowest BCUT2D eigenvalue weighted by molar-refractivity contribution is -0.155. The van der Waals surface area contributed by atoms with E-state index in [4.69, 9.17) is 6.57 Å². The molecule has 1 aromatic carbocycles. The van der Waals surface area contributed by atoms with E-state index in [1.165, 1.54) is 21.7 Å². The van der Waals surface area contributed by atoms with E-state index in [-0.39, 0.29) is 30.8 Å². The molecule has 1 aromatic rings. The largest absolute Gasteiger partial charge is 0.335 e. The molecular formula is C25H31N5O4. The normalized spacial score (nSPS) is 23.9. The Morgan fingerprint density at radius 3 is 2.50 bits per heavy atom. The van der Waals surface area contributed by atoms with Gasteiger partial charge in [-0.3, -0.25) is 28.9 Å². The molecule has 3 atom stereocenters. The van der Waals surface area contributed by atoms with Crippen LogP contribution in [0.25, 0.3) is 4.85 Å². The SMILES string of the molecule is [C-]#[N+][C@@H]1C[C@@]2(CN1C(=O)[C@H](CC(C)C)N(C)C(=O)C(=O)N(C)C1CC1)C(=O)Nc1ccccc12. The van der Waals surface area contributed by atoms with Gasteiger partial charge in [0.2, 0.25) is 5.91 Å². The predicted octanol–water partition coefficient (Wildman–Crippen LogP) is 1.85. The van der Waals surface area contributed by atoms with Gasteiger partial charge in [0.25, 0.3) is 5.91 Å². The highest BCUT2D eigenvalue weighted by molar-refractivity contribution is 6.35. The molecule has 1 saturated carbocycles. The number of rotatable bonds is 5. The Labute approximate surface area is 199 Å². The lowest BCUT2D eigenvalue weighted by atomic mass is 9.80. The van der Waals surface area contributed by atoms with Gasteiger partial charge in [0, 0.05) is 32.4 Å². The Hall–Kier alpha value is -3.41. The Morgan fingerprint density at radius 1 is 1.21 bits per heavy atom. The molecule has 4 amide bonds. The summed E-state index contributed by atoms with van der Waals surface area (Å²) in [7, 11) is 3.09. The van der Waals surface area contributed by atoms with Crippen molar-refractivity contribution < 1.29 is 19.2 Å². The van der Waals surface area contributed by atoms with Crippen molar-refractivity contribution >= 4 is 29.3 Å². The number of hydrogen-bond donors (Lipinski definition) is 1. The highest BCUT2D eigenvalue weighted by Crippen LogP contribution is 2.47. The zero-order valence-electron chi connectivity index (χ0n) is 20.1. The number of nitrogens with one attached hydrogen (secondary N) is 1. The van der Waals surface area contributed by atoms with Gasteiger partial charge >= 0.3 is 18.0 Å². The zero-order valence-corrected chi connectivity index (χ0v) is 20.1. The summed E-state index contributed by atoms with van der Waals surface area (Å²) < 4.78 is 0. The minimum atomic E-state index is -0.992. The van der Waals surface area contributed by atoms with Gasteiger partial charge in [-0.1, -0.05) is 32.0 Å². The van der Waals surface area contributed by atoms with Crippen LogP contribution in [-0.4, -0.2) is 77.2 Å². The molecule has 1 spiro atoms. The molecule has 2 heterocycles. The van der Waals surface area contributed by atoms with Crippen LogP contribution >= 0.6 is 0 Å². The highest BCUT2D eigenvalue weighted by Gasteiger charge is 2.59. The predicted molar refractivity (Wildman–Crippen MR) is 125 cm³/mol. The van der Waals surface area contributed by atoms with Gasteiger partial charge in [0.15, 0.2) is 0 Å². The summed E-state index contributed by atoms with van der Waals surface area (Å²) in [6.07, 6.45) is 1.46. The fraction of sp³-hybridized carbons (Fsp3) is 0.560. The molecule has 9 heteroatoms. The van der Waals surface area contributed by atoms with E-state index < -0.39 is 35.3 Å². The number of amides is 4. The van der Waals surface area contributed by atoms with Crippen molar-refractivity contribution in [2.24, 2.45) is 5.92 Å². The third kappa shape index (κ3) is 3.91. The summed E-state index contributed by atoms with van der Waals surface area (Å²) in [4.78, 5) is 60.4. The topological polar surface area (TPSA) is 94.4 Å². The van der Waals surface area contributed by atoms with Crippen molar-refractivity contribution in [3.8, 4) is 0 Å². The summed E-state index contributed by atoms with van der Waals surface area (Å²) in [5, 5.41) is 2.89. The van der Waals surface area contributed by atoms with Crippen molar-refractivity contribution in [1.29, 1.82) is 0 Å². The summed E-state index contributed by atoms with van der Waals surface area (Å²) in [5.41, 5.74) is 0.495. The average molecular weight is 466 g/mol. The summed E-state index contributed by atoms with van der Waals surface area (Å²) in [6, 6.07) is 6.52. The lowest BCUT2D eigenvalue weighted by Crippen LogP contribution is -2.54. The zero-order chi connectivity index (χ0) is 24.8. The van der Waals surface area contributed by atoms with E-state index in [1.807, 2.05) is 38.1 Å². The van der Waals surface area contributed by atoms with Gasteiger partial charge in [0.1, 0.15) is 11.5 Å². The van der Waals surface area contributed by atoms with Gasteiger partial charge in [-0.05, 0) is 36.8 Å². The van der Waals surface area contributed by atoms with Crippen LogP contribution in [0.3, 0.4) is 0 Å². The van der Waals surface area contributed by atoms with Gasteiger partial charge in [-0.15, -0.1) is 0 Å². The molecule has 4 rings (SSSR count). The van der Waals surface area contributed by atoms with Crippen molar-refractivity contribution in [3.05, 3.63) is 41.2 Å². The highest BCUT2D eigenvalue weighted by atomic mass is 16.2. The third-order valence-corrected chi connectivity index (χ3v) is 7.25. The standard InChI is InChI=1S/C25H31N5O4/c1-15(2)12-19(29(5)23(33)22(32)28(4)16-10-11-16)21(31)30-14-25(13-20(30)26-3)17-8-6-7-9-18(17)27-24(25)34/h6-9,15-16,19-20H,10-14H2,1-2,4-5H3,(H,27,34)/t19-,20-,25-/m0/s1. The van der Waals surface area contributed by atoms with E-state index in [0.29, 0.717) is 12.1 Å². The number of anilines is 1.